The molecule has 0 bridgehead atoms. The lowest BCUT2D eigenvalue weighted by Crippen LogP contribution is -2.01. The van der Waals surface area contributed by atoms with E-state index in [1.807, 2.05) is 11.4 Å². The Hall–Kier alpha value is -2.14. The Balaban J connectivity index is 2.33. The lowest BCUT2D eigenvalue weighted by molar-refractivity contribution is 0.431. The van der Waals surface area contributed by atoms with Crippen LogP contribution in [0.3, 0.4) is 0 Å². The molecule has 18 heavy (non-hydrogen) atoms. The minimum atomic E-state index is -0.742. The molecule has 0 saturated heterocycles. The zero-order valence-electron chi connectivity index (χ0n) is 9.01. The summed E-state index contributed by atoms with van der Waals surface area (Å²) in [6.45, 7) is 0. The Morgan fingerprint density at radius 2 is 2.11 bits per heavy atom. The monoisotopic (exact) mass is 262 g/mol. The van der Waals surface area contributed by atoms with Crippen LogP contribution in [0.1, 0.15) is 0 Å². The van der Waals surface area contributed by atoms with Crippen LogP contribution in [-0.4, -0.2) is 5.11 Å². The second-order valence-corrected chi connectivity index (χ2v) is 4.71. The molecule has 0 amide bonds. The van der Waals surface area contributed by atoms with Crippen molar-refractivity contribution in [2.75, 3.05) is 0 Å². The van der Waals surface area contributed by atoms with Gasteiger partial charge in [0.15, 0.2) is 11.6 Å². The van der Waals surface area contributed by atoms with Crippen molar-refractivity contribution in [2.24, 2.45) is 0 Å². The van der Waals surface area contributed by atoms with Crippen molar-refractivity contribution < 1.29 is 13.9 Å². The smallest absolute Gasteiger partial charge is 0.345 e. The van der Waals surface area contributed by atoms with Crippen molar-refractivity contribution in [3.05, 3.63) is 51.9 Å². The lowest BCUT2D eigenvalue weighted by atomic mass is 10.1. The van der Waals surface area contributed by atoms with E-state index in [1.54, 1.807) is 12.1 Å². The molecule has 0 radical (unpaired) electrons. The third-order valence-corrected chi connectivity index (χ3v) is 3.49. The summed E-state index contributed by atoms with van der Waals surface area (Å²) >= 11 is 1.40. The number of thiophene rings is 1. The minimum Gasteiger partial charge on any atom is -0.505 e. The van der Waals surface area contributed by atoms with Crippen molar-refractivity contribution in [2.45, 2.75) is 0 Å². The van der Waals surface area contributed by atoms with E-state index in [0.717, 1.165) is 17.0 Å². The molecule has 0 unspecified atom stereocenters. The summed E-state index contributed by atoms with van der Waals surface area (Å²) in [5, 5.41) is 11.5. The molecule has 5 heteroatoms. The fourth-order valence-electron chi connectivity index (χ4n) is 1.73. The van der Waals surface area contributed by atoms with E-state index in [4.69, 9.17) is 4.42 Å². The van der Waals surface area contributed by atoms with Crippen LogP contribution in [0, 0.1) is 5.82 Å². The first-order valence-corrected chi connectivity index (χ1v) is 6.03. The summed E-state index contributed by atoms with van der Waals surface area (Å²) in [7, 11) is 0. The van der Waals surface area contributed by atoms with E-state index in [1.165, 1.54) is 11.3 Å². The topological polar surface area (TPSA) is 50.4 Å². The number of hydrogen-bond acceptors (Lipinski definition) is 4. The van der Waals surface area contributed by atoms with Gasteiger partial charge in [-0.2, -0.15) is 0 Å². The Bertz CT molecular complexity index is 775. The normalized spacial score (nSPS) is 10.9. The Kier molecular flexibility index (Phi) is 2.41. The second-order valence-electron chi connectivity index (χ2n) is 3.77. The van der Waals surface area contributed by atoms with E-state index >= 15 is 0 Å². The summed E-state index contributed by atoms with van der Waals surface area (Å²) in [5.74, 6) is -1.27. The standard InChI is InChI=1S/C13H7FO3S/c14-9-5-7-4-8(12-2-1-3-18-12)13(16)17-11(7)6-10(9)15/h1-6,15H. The highest BCUT2D eigenvalue weighted by molar-refractivity contribution is 7.13. The van der Waals surface area contributed by atoms with Gasteiger partial charge in [0.05, 0.1) is 5.56 Å². The molecule has 3 nitrogen and oxygen atoms in total. The van der Waals surface area contributed by atoms with Gasteiger partial charge in [0.2, 0.25) is 0 Å². The molecule has 1 aromatic carbocycles. The molecule has 3 aromatic rings. The van der Waals surface area contributed by atoms with Crippen LogP contribution in [-0.2, 0) is 0 Å². The minimum absolute atomic E-state index is 0.166. The fourth-order valence-corrected chi connectivity index (χ4v) is 2.46. The van der Waals surface area contributed by atoms with Crippen molar-refractivity contribution in [1.29, 1.82) is 0 Å². The predicted molar refractivity (Wildman–Crippen MR) is 67.4 cm³/mol. The molecule has 0 fully saturated rings. The van der Waals surface area contributed by atoms with Gasteiger partial charge in [-0.25, -0.2) is 9.18 Å². The van der Waals surface area contributed by atoms with Crippen LogP contribution >= 0.6 is 11.3 Å². The van der Waals surface area contributed by atoms with Gasteiger partial charge < -0.3 is 9.52 Å². The first-order chi connectivity index (χ1) is 8.65. The highest BCUT2D eigenvalue weighted by Gasteiger charge is 2.11. The van der Waals surface area contributed by atoms with Gasteiger partial charge in [0.1, 0.15) is 5.58 Å². The van der Waals surface area contributed by atoms with Crippen molar-refractivity contribution in [3.8, 4) is 16.2 Å². The van der Waals surface area contributed by atoms with Crippen LogP contribution in [0.25, 0.3) is 21.4 Å². The molecule has 0 aliphatic carbocycles. The Labute approximate surface area is 105 Å². The first kappa shape index (κ1) is 11.0. The molecular weight excluding hydrogens is 255 g/mol. The number of phenolic OH excluding ortho intramolecular Hbond substituents is 1. The summed E-state index contributed by atoms with van der Waals surface area (Å²) in [6.07, 6.45) is 0. The number of aromatic hydroxyl groups is 1. The lowest BCUT2D eigenvalue weighted by Gasteiger charge is -2.01. The van der Waals surface area contributed by atoms with Gasteiger partial charge in [-0.1, -0.05) is 6.07 Å². The molecule has 1 N–H and O–H groups in total. The summed E-state index contributed by atoms with van der Waals surface area (Å²) in [5.41, 5.74) is 0.0535. The zero-order chi connectivity index (χ0) is 12.7. The molecule has 0 saturated carbocycles. The van der Waals surface area contributed by atoms with Gasteiger partial charge in [-0.15, -0.1) is 11.3 Å². The Morgan fingerprint density at radius 3 is 2.83 bits per heavy atom. The van der Waals surface area contributed by atoms with Gasteiger partial charge in [0.25, 0.3) is 0 Å². The maximum absolute atomic E-state index is 13.3. The van der Waals surface area contributed by atoms with Crippen LogP contribution in [0.4, 0.5) is 4.39 Å². The summed E-state index contributed by atoms with van der Waals surface area (Å²) in [6, 6.07) is 7.42. The SMILES string of the molecule is O=c1oc2cc(O)c(F)cc2cc1-c1cccs1. The highest BCUT2D eigenvalue weighted by Crippen LogP contribution is 2.27. The largest absolute Gasteiger partial charge is 0.505 e. The molecule has 90 valence electrons. The third kappa shape index (κ3) is 1.69. The fraction of sp³-hybridized carbons (Fsp3) is 0. The number of phenols is 1. The Morgan fingerprint density at radius 1 is 1.28 bits per heavy atom. The van der Waals surface area contributed by atoms with E-state index in [2.05, 4.69) is 0 Å². The van der Waals surface area contributed by atoms with Gasteiger partial charge >= 0.3 is 5.63 Å². The number of benzene rings is 1. The average Bonchev–Trinajstić information content (AvgIpc) is 2.84. The molecule has 0 atom stereocenters. The van der Waals surface area contributed by atoms with Gasteiger partial charge in [0, 0.05) is 16.3 Å². The maximum Gasteiger partial charge on any atom is 0.345 e. The van der Waals surface area contributed by atoms with Crippen molar-refractivity contribution >= 4 is 22.3 Å². The van der Waals surface area contributed by atoms with E-state index in [-0.39, 0.29) is 5.58 Å². The van der Waals surface area contributed by atoms with Crippen LogP contribution < -0.4 is 5.63 Å². The highest BCUT2D eigenvalue weighted by atomic mass is 32.1. The summed E-state index contributed by atoms with van der Waals surface area (Å²) < 4.78 is 18.3. The molecule has 0 spiro atoms. The van der Waals surface area contributed by atoms with Crippen molar-refractivity contribution in [3.63, 3.8) is 0 Å². The maximum atomic E-state index is 13.3. The van der Waals surface area contributed by atoms with Crippen LogP contribution in [0.5, 0.6) is 5.75 Å². The molecule has 0 aliphatic heterocycles. The van der Waals surface area contributed by atoms with Crippen LogP contribution in [0.15, 0.2) is 44.9 Å². The van der Waals surface area contributed by atoms with E-state index in [0.29, 0.717) is 10.9 Å². The average molecular weight is 262 g/mol. The van der Waals surface area contributed by atoms with Gasteiger partial charge in [-0.05, 0) is 23.6 Å². The zero-order valence-corrected chi connectivity index (χ0v) is 9.83. The number of rotatable bonds is 1. The molecule has 2 heterocycles. The molecular formula is C13H7FO3S. The number of halogens is 1. The van der Waals surface area contributed by atoms with E-state index < -0.39 is 17.2 Å². The predicted octanol–water partition coefficient (Wildman–Crippen LogP) is 3.37. The quantitative estimate of drug-likeness (QED) is 0.684. The third-order valence-electron chi connectivity index (χ3n) is 2.59. The molecule has 3 rings (SSSR count). The molecule has 0 aliphatic rings. The summed E-state index contributed by atoms with van der Waals surface area (Å²) in [4.78, 5) is 12.6. The van der Waals surface area contributed by atoms with Crippen LogP contribution in [0.2, 0.25) is 0 Å². The first-order valence-electron chi connectivity index (χ1n) is 5.15. The van der Waals surface area contributed by atoms with Gasteiger partial charge in [-0.3, -0.25) is 0 Å². The second kappa shape index (κ2) is 3.96. The number of fused-ring (bicyclic) bond motifs is 1. The van der Waals surface area contributed by atoms with Crippen molar-refractivity contribution in [1.82, 2.24) is 0 Å². The molecule has 2 aromatic heterocycles. The number of hydrogen-bond donors (Lipinski definition) is 1. The van der Waals surface area contributed by atoms with E-state index in [9.17, 15) is 14.3 Å².